The van der Waals surface area contributed by atoms with E-state index < -0.39 is 0 Å². The minimum absolute atomic E-state index is 0.717. The first-order chi connectivity index (χ1) is 14.6. The lowest BCUT2D eigenvalue weighted by molar-refractivity contribution is 0.163. The number of oxazole rings is 1. The minimum atomic E-state index is 0.717. The maximum atomic E-state index is 5.76. The standard InChI is InChI=1S/C23H40N6O/c1-18-19(2)30-22(26-18)17-28-11-6-20(7-12-28)14-25-23(24-3)29-13-8-21(16-29)15-27-9-4-5-10-27/h20-21H,4-17H2,1-3H3,(H,24,25). The van der Waals surface area contributed by atoms with Gasteiger partial charge < -0.3 is 19.5 Å². The first-order valence-corrected chi connectivity index (χ1v) is 11.9. The molecule has 3 fully saturated rings. The molecule has 0 radical (unpaired) electrons. The average Bonchev–Trinajstić information content (AvgIpc) is 3.48. The number of aromatic nitrogens is 1. The van der Waals surface area contributed by atoms with Crippen molar-refractivity contribution in [1.29, 1.82) is 0 Å². The van der Waals surface area contributed by atoms with Gasteiger partial charge in [0, 0.05) is 33.2 Å². The van der Waals surface area contributed by atoms with Crippen molar-refractivity contribution in [3.05, 3.63) is 17.3 Å². The molecular weight excluding hydrogens is 376 g/mol. The summed E-state index contributed by atoms with van der Waals surface area (Å²) in [6.45, 7) is 14.3. The largest absolute Gasteiger partial charge is 0.444 e. The number of aryl methyl sites for hydroxylation is 2. The zero-order valence-electron chi connectivity index (χ0n) is 19.2. The van der Waals surface area contributed by atoms with Crippen molar-refractivity contribution >= 4 is 5.96 Å². The van der Waals surface area contributed by atoms with E-state index in [9.17, 15) is 0 Å². The fourth-order valence-corrected chi connectivity index (χ4v) is 5.22. The monoisotopic (exact) mass is 416 g/mol. The molecule has 7 nitrogen and oxygen atoms in total. The number of rotatable bonds is 6. The predicted octanol–water partition coefficient (Wildman–Crippen LogP) is 2.50. The fourth-order valence-electron chi connectivity index (χ4n) is 5.22. The van der Waals surface area contributed by atoms with E-state index in [1.54, 1.807) is 0 Å². The molecule has 0 saturated carbocycles. The van der Waals surface area contributed by atoms with Gasteiger partial charge in [-0.1, -0.05) is 0 Å². The predicted molar refractivity (Wildman–Crippen MR) is 121 cm³/mol. The smallest absolute Gasteiger partial charge is 0.208 e. The SMILES string of the molecule is CN=C(NCC1CCN(Cc2nc(C)c(C)o2)CC1)N1CCC(CN2CCCC2)C1. The van der Waals surface area contributed by atoms with Crippen LogP contribution in [0.4, 0.5) is 0 Å². The van der Waals surface area contributed by atoms with Crippen molar-refractivity contribution < 1.29 is 4.42 Å². The number of hydrogen-bond acceptors (Lipinski definition) is 5. The third kappa shape index (κ3) is 5.55. The Labute approximate surface area is 181 Å². The second-order valence-corrected chi connectivity index (χ2v) is 9.51. The van der Waals surface area contributed by atoms with Crippen LogP contribution in [-0.4, -0.2) is 85.0 Å². The van der Waals surface area contributed by atoms with Crippen LogP contribution in [0.3, 0.4) is 0 Å². The number of hydrogen-bond donors (Lipinski definition) is 1. The second kappa shape index (κ2) is 10.1. The summed E-state index contributed by atoms with van der Waals surface area (Å²) < 4.78 is 5.76. The quantitative estimate of drug-likeness (QED) is 0.568. The highest BCUT2D eigenvalue weighted by Crippen LogP contribution is 2.21. The highest BCUT2D eigenvalue weighted by atomic mass is 16.4. The maximum absolute atomic E-state index is 5.76. The molecule has 0 aromatic carbocycles. The van der Waals surface area contributed by atoms with Crippen LogP contribution in [0.5, 0.6) is 0 Å². The second-order valence-electron chi connectivity index (χ2n) is 9.51. The molecule has 7 heteroatoms. The highest BCUT2D eigenvalue weighted by Gasteiger charge is 2.28. The van der Waals surface area contributed by atoms with Crippen molar-refractivity contribution in [3.63, 3.8) is 0 Å². The molecule has 4 rings (SSSR count). The van der Waals surface area contributed by atoms with Gasteiger partial charge in [-0.3, -0.25) is 9.89 Å². The van der Waals surface area contributed by atoms with Gasteiger partial charge >= 0.3 is 0 Å². The molecule has 1 aromatic rings. The average molecular weight is 417 g/mol. The molecule has 0 bridgehead atoms. The molecule has 0 amide bonds. The normalized spacial score (nSPS) is 24.8. The molecule has 1 atom stereocenters. The lowest BCUT2D eigenvalue weighted by atomic mass is 9.97. The number of nitrogens with one attached hydrogen (secondary N) is 1. The first kappa shape index (κ1) is 21.6. The minimum Gasteiger partial charge on any atom is -0.444 e. The van der Waals surface area contributed by atoms with Gasteiger partial charge in [0.1, 0.15) is 5.76 Å². The summed E-state index contributed by atoms with van der Waals surface area (Å²) in [5, 5.41) is 3.68. The molecule has 4 heterocycles. The Morgan fingerprint density at radius 3 is 2.43 bits per heavy atom. The van der Waals surface area contributed by atoms with Crippen molar-refractivity contribution in [3.8, 4) is 0 Å². The number of likely N-dealkylation sites (tertiary alicyclic amines) is 3. The Morgan fingerprint density at radius 2 is 1.77 bits per heavy atom. The molecule has 3 aliphatic heterocycles. The van der Waals surface area contributed by atoms with Gasteiger partial charge in [0.05, 0.1) is 12.2 Å². The van der Waals surface area contributed by atoms with Crippen molar-refractivity contribution in [2.24, 2.45) is 16.8 Å². The molecule has 3 aliphatic rings. The zero-order valence-corrected chi connectivity index (χ0v) is 19.2. The summed E-state index contributed by atoms with van der Waals surface area (Å²) in [6, 6.07) is 0. The van der Waals surface area contributed by atoms with Crippen molar-refractivity contribution in [1.82, 2.24) is 25.0 Å². The van der Waals surface area contributed by atoms with E-state index in [-0.39, 0.29) is 0 Å². The van der Waals surface area contributed by atoms with Crippen molar-refractivity contribution in [2.45, 2.75) is 52.5 Å². The van der Waals surface area contributed by atoms with Gasteiger partial charge in [-0.15, -0.1) is 0 Å². The van der Waals surface area contributed by atoms with E-state index in [2.05, 4.69) is 30.0 Å². The summed E-state index contributed by atoms with van der Waals surface area (Å²) in [5.74, 6) is 4.42. The van der Waals surface area contributed by atoms with E-state index in [1.807, 2.05) is 20.9 Å². The molecule has 0 spiro atoms. The molecule has 30 heavy (non-hydrogen) atoms. The summed E-state index contributed by atoms with van der Waals surface area (Å²) in [5.41, 5.74) is 1.01. The summed E-state index contributed by atoms with van der Waals surface area (Å²) in [6.07, 6.45) is 6.52. The van der Waals surface area contributed by atoms with E-state index in [0.717, 1.165) is 68.5 Å². The lowest BCUT2D eigenvalue weighted by Gasteiger charge is -2.32. The van der Waals surface area contributed by atoms with E-state index in [1.165, 1.54) is 51.7 Å². The van der Waals surface area contributed by atoms with E-state index in [0.29, 0.717) is 5.92 Å². The van der Waals surface area contributed by atoms with Crippen LogP contribution in [0.25, 0.3) is 0 Å². The third-order valence-corrected chi connectivity index (χ3v) is 7.20. The molecule has 1 unspecified atom stereocenters. The van der Waals surface area contributed by atoms with Gasteiger partial charge in [-0.05, 0) is 84.0 Å². The van der Waals surface area contributed by atoms with Gasteiger partial charge in [-0.25, -0.2) is 4.98 Å². The van der Waals surface area contributed by atoms with Crippen molar-refractivity contribution in [2.75, 3.05) is 59.4 Å². The van der Waals surface area contributed by atoms with Crippen LogP contribution in [0.1, 0.15) is 49.4 Å². The van der Waals surface area contributed by atoms with Crippen LogP contribution >= 0.6 is 0 Å². The number of guanidine groups is 1. The van der Waals surface area contributed by atoms with Crippen LogP contribution in [0.15, 0.2) is 9.41 Å². The Hall–Kier alpha value is -1.60. The maximum Gasteiger partial charge on any atom is 0.208 e. The lowest BCUT2D eigenvalue weighted by Crippen LogP contribution is -2.44. The van der Waals surface area contributed by atoms with Crippen LogP contribution in [0.2, 0.25) is 0 Å². The fraction of sp³-hybridized carbons (Fsp3) is 0.826. The number of piperidine rings is 1. The van der Waals surface area contributed by atoms with Gasteiger partial charge in [0.15, 0.2) is 5.96 Å². The molecule has 0 aliphatic carbocycles. The third-order valence-electron chi connectivity index (χ3n) is 7.20. The van der Waals surface area contributed by atoms with Gasteiger partial charge in [0.2, 0.25) is 5.89 Å². The molecule has 1 N–H and O–H groups in total. The van der Waals surface area contributed by atoms with E-state index >= 15 is 0 Å². The number of nitrogens with zero attached hydrogens (tertiary/aromatic N) is 5. The molecular formula is C23H40N6O. The van der Waals surface area contributed by atoms with Crippen LogP contribution in [0, 0.1) is 25.7 Å². The molecule has 1 aromatic heterocycles. The van der Waals surface area contributed by atoms with Crippen LogP contribution < -0.4 is 5.32 Å². The summed E-state index contributed by atoms with van der Waals surface area (Å²) in [4.78, 5) is 16.7. The topological polar surface area (TPSA) is 60.1 Å². The Bertz CT molecular complexity index is 683. The van der Waals surface area contributed by atoms with Gasteiger partial charge in [0.25, 0.3) is 0 Å². The van der Waals surface area contributed by atoms with Crippen LogP contribution in [-0.2, 0) is 6.54 Å². The Morgan fingerprint density at radius 1 is 1.03 bits per heavy atom. The molecule has 3 saturated heterocycles. The Kier molecular flexibility index (Phi) is 7.31. The zero-order chi connectivity index (χ0) is 20.9. The highest BCUT2D eigenvalue weighted by molar-refractivity contribution is 5.80. The summed E-state index contributed by atoms with van der Waals surface area (Å²) >= 11 is 0. The Balaban J connectivity index is 1.16. The van der Waals surface area contributed by atoms with Gasteiger partial charge in [-0.2, -0.15) is 0 Å². The van der Waals surface area contributed by atoms with E-state index in [4.69, 9.17) is 4.42 Å². The number of aliphatic imine (C=N–C) groups is 1. The summed E-state index contributed by atoms with van der Waals surface area (Å²) in [7, 11) is 1.93. The molecule has 168 valence electrons. The first-order valence-electron chi connectivity index (χ1n) is 11.9.